The molecule has 7 heteroatoms. The highest BCUT2D eigenvalue weighted by Gasteiger charge is 2.13. The summed E-state index contributed by atoms with van der Waals surface area (Å²) in [6, 6.07) is 22.0. The summed E-state index contributed by atoms with van der Waals surface area (Å²) >= 11 is 0. The molecule has 7 nitrogen and oxygen atoms in total. The number of para-hydroxylation sites is 3. The molecule has 0 fully saturated rings. The summed E-state index contributed by atoms with van der Waals surface area (Å²) in [7, 11) is 3.21. The third-order valence-corrected chi connectivity index (χ3v) is 4.82. The standard InChI is InChI=1S/C24H23N3O4/c1-29-18-13-11-17(12-14-18)27-23(28)19-7-3-4-8-20(19)26-24(27)25-15-16-31-22-10-6-5-9-21(22)30-2/h3-14H,15-16H2,1-2H3,(H,25,26). The molecule has 0 saturated carbocycles. The van der Waals surface area contributed by atoms with Crippen LogP contribution in [-0.4, -0.2) is 36.9 Å². The number of fused-ring (bicyclic) bond motifs is 1. The summed E-state index contributed by atoms with van der Waals surface area (Å²) in [5, 5.41) is 3.79. The van der Waals surface area contributed by atoms with Crippen molar-refractivity contribution in [3.63, 3.8) is 0 Å². The van der Waals surface area contributed by atoms with Gasteiger partial charge in [-0.05, 0) is 48.5 Å². The number of hydrogen-bond donors (Lipinski definition) is 1. The van der Waals surface area contributed by atoms with E-state index in [1.54, 1.807) is 24.9 Å². The maximum absolute atomic E-state index is 13.2. The molecule has 0 saturated heterocycles. The van der Waals surface area contributed by atoms with Crippen LogP contribution < -0.4 is 25.1 Å². The topological polar surface area (TPSA) is 74.6 Å². The predicted octanol–water partition coefficient (Wildman–Crippen LogP) is 3.89. The van der Waals surface area contributed by atoms with Crippen LogP contribution in [0, 0.1) is 0 Å². The minimum Gasteiger partial charge on any atom is -0.497 e. The molecular weight excluding hydrogens is 394 g/mol. The zero-order valence-corrected chi connectivity index (χ0v) is 17.4. The van der Waals surface area contributed by atoms with Gasteiger partial charge in [0.1, 0.15) is 12.4 Å². The van der Waals surface area contributed by atoms with Gasteiger partial charge < -0.3 is 19.5 Å². The van der Waals surface area contributed by atoms with Gasteiger partial charge in [-0.1, -0.05) is 24.3 Å². The van der Waals surface area contributed by atoms with E-state index in [2.05, 4.69) is 10.3 Å². The maximum Gasteiger partial charge on any atom is 0.267 e. The van der Waals surface area contributed by atoms with Crippen LogP contribution in [0.3, 0.4) is 0 Å². The zero-order valence-electron chi connectivity index (χ0n) is 17.4. The molecule has 1 aromatic heterocycles. The Labute approximate surface area is 179 Å². The first-order valence-corrected chi connectivity index (χ1v) is 9.87. The van der Waals surface area contributed by atoms with Gasteiger partial charge in [0.25, 0.3) is 5.56 Å². The van der Waals surface area contributed by atoms with Crippen LogP contribution in [0.15, 0.2) is 77.6 Å². The molecule has 0 atom stereocenters. The molecule has 0 aliphatic heterocycles. The Morgan fingerprint density at radius 3 is 2.32 bits per heavy atom. The minimum absolute atomic E-state index is 0.149. The molecule has 31 heavy (non-hydrogen) atoms. The number of rotatable bonds is 8. The Balaban J connectivity index is 1.62. The van der Waals surface area contributed by atoms with E-state index in [0.717, 1.165) is 0 Å². The summed E-state index contributed by atoms with van der Waals surface area (Å²) in [4.78, 5) is 17.9. The summed E-state index contributed by atoms with van der Waals surface area (Å²) in [5.74, 6) is 2.48. The highest BCUT2D eigenvalue weighted by molar-refractivity contribution is 5.79. The Morgan fingerprint density at radius 1 is 0.871 bits per heavy atom. The van der Waals surface area contributed by atoms with Crippen LogP contribution in [0.25, 0.3) is 16.6 Å². The average Bonchev–Trinajstić information content (AvgIpc) is 2.82. The maximum atomic E-state index is 13.2. The van der Waals surface area contributed by atoms with E-state index in [0.29, 0.717) is 52.9 Å². The lowest BCUT2D eigenvalue weighted by atomic mass is 10.2. The number of anilines is 1. The van der Waals surface area contributed by atoms with E-state index in [9.17, 15) is 4.79 Å². The number of nitrogens with zero attached hydrogens (tertiary/aromatic N) is 2. The van der Waals surface area contributed by atoms with Crippen LogP contribution in [0.4, 0.5) is 5.95 Å². The Hall–Kier alpha value is -4.00. The van der Waals surface area contributed by atoms with E-state index in [4.69, 9.17) is 14.2 Å². The molecule has 1 N–H and O–H groups in total. The SMILES string of the molecule is COc1ccc(-n2c(NCCOc3ccccc3OC)nc3ccccc3c2=O)cc1. The predicted molar refractivity (Wildman–Crippen MR) is 121 cm³/mol. The van der Waals surface area contributed by atoms with Gasteiger partial charge in [0.2, 0.25) is 5.95 Å². The number of ether oxygens (including phenoxy) is 3. The molecule has 0 aliphatic carbocycles. The molecule has 0 bridgehead atoms. The third-order valence-electron chi connectivity index (χ3n) is 4.82. The van der Waals surface area contributed by atoms with Crippen molar-refractivity contribution in [3.8, 4) is 22.9 Å². The molecule has 4 rings (SSSR count). The van der Waals surface area contributed by atoms with Gasteiger partial charge in [0, 0.05) is 0 Å². The molecule has 0 aliphatic rings. The van der Waals surface area contributed by atoms with Crippen molar-refractivity contribution >= 4 is 16.9 Å². The minimum atomic E-state index is -0.149. The van der Waals surface area contributed by atoms with Crippen LogP contribution in [0.5, 0.6) is 17.2 Å². The van der Waals surface area contributed by atoms with Gasteiger partial charge in [0.15, 0.2) is 11.5 Å². The van der Waals surface area contributed by atoms with Crippen LogP contribution in [0.1, 0.15) is 0 Å². The van der Waals surface area contributed by atoms with Gasteiger partial charge in [-0.2, -0.15) is 0 Å². The molecule has 4 aromatic rings. The highest BCUT2D eigenvalue weighted by atomic mass is 16.5. The van der Waals surface area contributed by atoms with Crippen molar-refractivity contribution < 1.29 is 14.2 Å². The van der Waals surface area contributed by atoms with E-state index in [1.165, 1.54) is 0 Å². The number of methoxy groups -OCH3 is 2. The number of aromatic nitrogens is 2. The largest absolute Gasteiger partial charge is 0.497 e. The lowest BCUT2D eigenvalue weighted by molar-refractivity contribution is 0.305. The molecule has 158 valence electrons. The number of benzene rings is 3. The van der Waals surface area contributed by atoms with Crippen molar-refractivity contribution in [2.24, 2.45) is 0 Å². The second-order valence-electron chi connectivity index (χ2n) is 6.72. The van der Waals surface area contributed by atoms with Gasteiger partial charge in [0.05, 0.1) is 37.4 Å². The lowest BCUT2D eigenvalue weighted by Gasteiger charge is -2.16. The normalized spacial score (nSPS) is 10.6. The highest BCUT2D eigenvalue weighted by Crippen LogP contribution is 2.25. The summed E-state index contributed by atoms with van der Waals surface area (Å²) in [5.41, 5.74) is 1.17. The Morgan fingerprint density at radius 2 is 1.58 bits per heavy atom. The fourth-order valence-corrected chi connectivity index (χ4v) is 3.28. The average molecular weight is 417 g/mol. The first kappa shape index (κ1) is 20.3. The van der Waals surface area contributed by atoms with Crippen LogP contribution in [0.2, 0.25) is 0 Å². The summed E-state index contributed by atoms with van der Waals surface area (Å²) in [6.07, 6.45) is 0. The van der Waals surface area contributed by atoms with Gasteiger partial charge >= 0.3 is 0 Å². The van der Waals surface area contributed by atoms with Crippen molar-refractivity contribution in [2.75, 3.05) is 32.7 Å². The van der Waals surface area contributed by atoms with Crippen LogP contribution >= 0.6 is 0 Å². The number of nitrogens with one attached hydrogen (secondary N) is 1. The van der Waals surface area contributed by atoms with Crippen molar-refractivity contribution in [1.82, 2.24) is 9.55 Å². The monoisotopic (exact) mass is 417 g/mol. The first-order valence-electron chi connectivity index (χ1n) is 9.87. The summed E-state index contributed by atoms with van der Waals surface area (Å²) in [6.45, 7) is 0.810. The van der Waals surface area contributed by atoms with Gasteiger partial charge in [-0.3, -0.25) is 4.79 Å². The Kier molecular flexibility index (Phi) is 6.03. The first-order chi connectivity index (χ1) is 15.2. The lowest BCUT2D eigenvalue weighted by Crippen LogP contribution is -2.25. The molecular formula is C24H23N3O4. The van der Waals surface area contributed by atoms with E-state index >= 15 is 0 Å². The van der Waals surface area contributed by atoms with Gasteiger partial charge in [-0.25, -0.2) is 9.55 Å². The molecule has 3 aromatic carbocycles. The fourth-order valence-electron chi connectivity index (χ4n) is 3.28. The molecule has 0 unspecified atom stereocenters. The molecule has 1 heterocycles. The molecule has 0 amide bonds. The smallest absolute Gasteiger partial charge is 0.267 e. The van der Waals surface area contributed by atoms with E-state index < -0.39 is 0 Å². The third kappa shape index (κ3) is 4.30. The Bertz CT molecular complexity index is 1240. The van der Waals surface area contributed by atoms with E-state index in [-0.39, 0.29) is 5.56 Å². The quantitative estimate of drug-likeness (QED) is 0.439. The van der Waals surface area contributed by atoms with Crippen LogP contribution in [-0.2, 0) is 0 Å². The second-order valence-corrected chi connectivity index (χ2v) is 6.72. The fraction of sp³-hybridized carbons (Fsp3) is 0.167. The molecule has 0 spiro atoms. The van der Waals surface area contributed by atoms with E-state index in [1.807, 2.05) is 66.7 Å². The van der Waals surface area contributed by atoms with Crippen molar-refractivity contribution in [2.45, 2.75) is 0 Å². The number of hydrogen-bond acceptors (Lipinski definition) is 6. The van der Waals surface area contributed by atoms with Crippen molar-refractivity contribution in [1.29, 1.82) is 0 Å². The zero-order chi connectivity index (χ0) is 21.6. The second kappa shape index (κ2) is 9.21. The molecule has 0 radical (unpaired) electrons. The van der Waals surface area contributed by atoms with Gasteiger partial charge in [-0.15, -0.1) is 0 Å². The summed E-state index contributed by atoms with van der Waals surface area (Å²) < 4.78 is 17.9. The van der Waals surface area contributed by atoms with Crippen molar-refractivity contribution in [3.05, 3.63) is 83.2 Å².